The Morgan fingerprint density at radius 3 is 2.48 bits per heavy atom. The highest BCUT2D eigenvalue weighted by molar-refractivity contribution is 5.99. The molecule has 0 aromatic heterocycles. The van der Waals surface area contributed by atoms with Crippen molar-refractivity contribution in [2.45, 2.75) is 19.1 Å². The van der Waals surface area contributed by atoms with Gasteiger partial charge in [0.15, 0.2) is 0 Å². The highest BCUT2D eigenvalue weighted by atomic mass is 19.4. The number of carbonyl (C=O) groups is 3. The molecule has 6 nitrogen and oxygen atoms in total. The van der Waals surface area contributed by atoms with Gasteiger partial charge in [-0.15, -0.1) is 0 Å². The van der Waals surface area contributed by atoms with E-state index in [0.29, 0.717) is 6.07 Å². The van der Waals surface area contributed by atoms with Crippen LogP contribution in [-0.2, 0) is 22.3 Å². The molecule has 164 valence electrons. The van der Waals surface area contributed by atoms with Gasteiger partial charge in [-0.3, -0.25) is 14.4 Å². The number of alkyl halides is 3. The second-order valence-corrected chi connectivity index (χ2v) is 7.04. The molecular formula is C20H16F5N3O3. The summed E-state index contributed by atoms with van der Waals surface area (Å²) in [5.41, 5.74) is 3.27. The fourth-order valence-electron chi connectivity index (χ4n) is 3.24. The SMILES string of the molecule is NC(=O)c1cc(NC(=O)C2CC(=O)N(Cc3cccc(C(F)(F)F)c3)C2)c(F)cc1F. The fraction of sp³-hybridized carbons (Fsp3) is 0.250. The summed E-state index contributed by atoms with van der Waals surface area (Å²) in [6.07, 6.45) is -4.77. The number of carbonyl (C=O) groups excluding carboxylic acids is 3. The molecule has 1 unspecified atom stereocenters. The molecule has 1 heterocycles. The van der Waals surface area contributed by atoms with Crippen molar-refractivity contribution in [3.63, 3.8) is 0 Å². The number of hydrogen-bond acceptors (Lipinski definition) is 3. The number of halogens is 5. The van der Waals surface area contributed by atoms with Crippen LogP contribution >= 0.6 is 0 Å². The Morgan fingerprint density at radius 1 is 1.13 bits per heavy atom. The van der Waals surface area contributed by atoms with E-state index in [9.17, 15) is 36.3 Å². The molecule has 2 aromatic carbocycles. The third kappa shape index (κ3) is 4.98. The minimum absolute atomic E-state index is 0.105. The highest BCUT2D eigenvalue weighted by Crippen LogP contribution is 2.30. The summed E-state index contributed by atoms with van der Waals surface area (Å²) in [5.74, 6) is -5.63. The van der Waals surface area contributed by atoms with Crippen LogP contribution in [0.1, 0.15) is 27.9 Å². The molecule has 0 bridgehead atoms. The molecule has 0 aliphatic carbocycles. The van der Waals surface area contributed by atoms with Crippen molar-refractivity contribution in [2.24, 2.45) is 11.7 Å². The van der Waals surface area contributed by atoms with E-state index in [1.54, 1.807) is 0 Å². The van der Waals surface area contributed by atoms with Crippen molar-refractivity contribution in [2.75, 3.05) is 11.9 Å². The van der Waals surface area contributed by atoms with Crippen molar-refractivity contribution in [3.05, 3.63) is 64.7 Å². The van der Waals surface area contributed by atoms with Crippen molar-refractivity contribution in [1.82, 2.24) is 4.90 Å². The summed E-state index contributed by atoms with van der Waals surface area (Å²) in [5, 5.41) is 2.19. The zero-order chi connectivity index (χ0) is 22.9. The van der Waals surface area contributed by atoms with E-state index in [1.165, 1.54) is 17.0 Å². The van der Waals surface area contributed by atoms with Gasteiger partial charge in [0, 0.05) is 25.6 Å². The normalized spacial score (nSPS) is 16.5. The summed E-state index contributed by atoms with van der Waals surface area (Å²) >= 11 is 0. The summed E-state index contributed by atoms with van der Waals surface area (Å²) in [4.78, 5) is 37.1. The van der Waals surface area contributed by atoms with Crippen LogP contribution in [0, 0.1) is 17.6 Å². The second-order valence-electron chi connectivity index (χ2n) is 7.04. The molecule has 31 heavy (non-hydrogen) atoms. The molecule has 1 atom stereocenters. The number of likely N-dealkylation sites (tertiary alicyclic amines) is 1. The van der Waals surface area contributed by atoms with Gasteiger partial charge in [-0.05, 0) is 23.8 Å². The van der Waals surface area contributed by atoms with E-state index in [4.69, 9.17) is 5.73 Å². The van der Waals surface area contributed by atoms with Gasteiger partial charge in [-0.2, -0.15) is 13.2 Å². The zero-order valence-electron chi connectivity index (χ0n) is 15.8. The van der Waals surface area contributed by atoms with Crippen molar-refractivity contribution in [3.8, 4) is 0 Å². The van der Waals surface area contributed by atoms with Crippen LogP contribution < -0.4 is 11.1 Å². The largest absolute Gasteiger partial charge is 0.416 e. The number of nitrogens with zero attached hydrogens (tertiary/aromatic N) is 1. The maximum atomic E-state index is 13.9. The average molecular weight is 441 g/mol. The van der Waals surface area contributed by atoms with Gasteiger partial charge in [0.1, 0.15) is 11.6 Å². The monoisotopic (exact) mass is 441 g/mol. The molecule has 1 saturated heterocycles. The van der Waals surface area contributed by atoms with E-state index in [0.717, 1.165) is 18.2 Å². The van der Waals surface area contributed by atoms with Crippen LogP contribution in [0.15, 0.2) is 36.4 Å². The van der Waals surface area contributed by atoms with Crippen molar-refractivity contribution < 1.29 is 36.3 Å². The average Bonchev–Trinajstić information content (AvgIpc) is 3.03. The van der Waals surface area contributed by atoms with Gasteiger partial charge in [0.05, 0.1) is 22.7 Å². The molecule has 0 saturated carbocycles. The lowest BCUT2D eigenvalue weighted by molar-refractivity contribution is -0.137. The van der Waals surface area contributed by atoms with Crippen LogP contribution in [0.5, 0.6) is 0 Å². The molecular weight excluding hydrogens is 425 g/mol. The Morgan fingerprint density at radius 2 is 1.84 bits per heavy atom. The molecule has 0 radical (unpaired) electrons. The van der Waals surface area contributed by atoms with Gasteiger partial charge in [-0.1, -0.05) is 12.1 Å². The number of nitrogens with one attached hydrogen (secondary N) is 1. The van der Waals surface area contributed by atoms with Gasteiger partial charge in [0.25, 0.3) is 5.91 Å². The summed E-state index contributed by atoms with van der Waals surface area (Å²) in [6, 6.07) is 5.62. The van der Waals surface area contributed by atoms with Crippen molar-refractivity contribution >= 4 is 23.4 Å². The van der Waals surface area contributed by atoms with E-state index in [2.05, 4.69) is 5.32 Å². The lowest BCUT2D eigenvalue weighted by Crippen LogP contribution is -2.28. The molecule has 2 aromatic rings. The Labute approximate surface area is 172 Å². The Bertz CT molecular complexity index is 1050. The third-order valence-electron chi connectivity index (χ3n) is 4.79. The predicted octanol–water partition coefficient (Wildman–Crippen LogP) is 3.07. The molecule has 1 fully saturated rings. The lowest BCUT2D eigenvalue weighted by atomic mass is 10.1. The first-order valence-corrected chi connectivity index (χ1v) is 8.99. The number of primary amides is 1. The number of anilines is 1. The first-order chi connectivity index (χ1) is 14.5. The predicted molar refractivity (Wildman–Crippen MR) is 98.5 cm³/mol. The fourth-order valence-corrected chi connectivity index (χ4v) is 3.24. The quantitative estimate of drug-likeness (QED) is 0.699. The topological polar surface area (TPSA) is 92.5 Å². The maximum absolute atomic E-state index is 13.9. The number of benzene rings is 2. The molecule has 0 spiro atoms. The van der Waals surface area contributed by atoms with Crippen molar-refractivity contribution in [1.29, 1.82) is 0 Å². The Balaban J connectivity index is 1.70. The van der Waals surface area contributed by atoms with E-state index in [-0.39, 0.29) is 25.1 Å². The summed E-state index contributed by atoms with van der Waals surface area (Å²) in [7, 11) is 0. The van der Waals surface area contributed by atoms with E-state index >= 15 is 0 Å². The molecule has 3 rings (SSSR count). The second kappa shape index (κ2) is 8.32. The number of amides is 3. The number of hydrogen-bond donors (Lipinski definition) is 2. The number of nitrogens with two attached hydrogens (primary N) is 1. The standard InChI is InChI=1S/C20H16F5N3O3/c21-14-7-15(22)16(6-13(14)18(26)30)27-19(31)11-5-17(29)28(9-11)8-10-2-1-3-12(4-10)20(23,24)25/h1-4,6-7,11H,5,8-9H2,(H2,26,30)(H,27,31). The molecule has 1 aliphatic heterocycles. The van der Waals surface area contributed by atoms with Gasteiger partial charge < -0.3 is 16.0 Å². The van der Waals surface area contributed by atoms with E-state index < -0.39 is 58.3 Å². The highest BCUT2D eigenvalue weighted by Gasteiger charge is 2.35. The first-order valence-electron chi connectivity index (χ1n) is 8.99. The summed E-state index contributed by atoms with van der Waals surface area (Å²) in [6.45, 7) is -0.240. The van der Waals surface area contributed by atoms with Crippen LogP contribution in [0.3, 0.4) is 0 Å². The summed E-state index contributed by atoms with van der Waals surface area (Å²) < 4.78 is 66.1. The molecule has 3 amide bonds. The molecule has 11 heteroatoms. The zero-order valence-corrected chi connectivity index (χ0v) is 15.8. The van der Waals surface area contributed by atoms with Crippen LogP contribution in [0.25, 0.3) is 0 Å². The number of rotatable bonds is 5. The van der Waals surface area contributed by atoms with E-state index in [1.807, 2.05) is 0 Å². The minimum atomic E-state index is -4.53. The van der Waals surface area contributed by atoms with Gasteiger partial charge in [-0.25, -0.2) is 8.78 Å². The molecule has 1 aliphatic rings. The van der Waals surface area contributed by atoms with Crippen LogP contribution in [0.2, 0.25) is 0 Å². The van der Waals surface area contributed by atoms with Gasteiger partial charge in [0.2, 0.25) is 11.8 Å². The minimum Gasteiger partial charge on any atom is -0.366 e. The van der Waals surface area contributed by atoms with Crippen LogP contribution in [-0.4, -0.2) is 29.2 Å². The lowest BCUT2D eigenvalue weighted by Gasteiger charge is -2.18. The third-order valence-corrected chi connectivity index (χ3v) is 4.79. The van der Waals surface area contributed by atoms with Crippen LogP contribution in [0.4, 0.5) is 27.6 Å². The smallest absolute Gasteiger partial charge is 0.366 e. The molecule has 3 N–H and O–H groups in total. The van der Waals surface area contributed by atoms with Gasteiger partial charge >= 0.3 is 6.18 Å². The first kappa shape index (κ1) is 22.2. The maximum Gasteiger partial charge on any atom is 0.416 e. The Hall–Kier alpha value is -3.50. The Kier molecular flexibility index (Phi) is 5.96.